The molecule has 2 amide bonds. The van der Waals surface area contributed by atoms with Crippen molar-refractivity contribution in [3.63, 3.8) is 0 Å². The average molecular weight is 561 g/mol. The third kappa shape index (κ3) is 4.60. The van der Waals surface area contributed by atoms with E-state index in [1.807, 2.05) is 0 Å². The second-order valence-electron chi connectivity index (χ2n) is 9.86. The van der Waals surface area contributed by atoms with Crippen molar-refractivity contribution in [3.05, 3.63) is 78.3 Å². The van der Waals surface area contributed by atoms with Crippen LogP contribution in [0.15, 0.2) is 60.9 Å². The highest BCUT2D eigenvalue weighted by Gasteiger charge is 2.40. The molecule has 208 valence electrons. The van der Waals surface area contributed by atoms with E-state index < -0.39 is 35.7 Å². The van der Waals surface area contributed by atoms with Gasteiger partial charge in [-0.25, -0.2) is 18.2 Å². The SMILES string of the molecule is CC(=O)c1nn(CC(=O)N2C[C@H](F)C[C@H]2C(=O)Nc2cccc(-c3ccc4[nH]cnc4c3F)c2F)c2ccccc12. The van der Waals surface area contributed by atoms with E-state index in [1.54, 1.807) is 30.3 Å². The summed E-state index contributed by atoms with van der Waals surface area (Å²) >= 11 is 0. The molecule has 9 nitrogen and oxygen atoms in total. The molecule has 2 N–H and O–H groups in total. The van der Waals surface area contributed by atoms with Crippen LogP contribution in [0.2, 0.25) is 0 Å². The van der Waals surface area contributed by atoms with Gasteiger partial charge in [-0.05, 0) is 24.3 Å². The normalized spacial score (nSPS) is 16.9. The standard InChI is InChI=1S/C29H23F3N6O3/c1-15(39)27-19-5-2-3-8-22(19)38(36-27)13-24(40)37-12-16(30)11-23(37)29(41)35-20-7-4-6-17(25(20)31)18-9-10-21-28(26(18)32)34-14-33-21/h2-10,14,16,23H,11-13H2,1H3,(H,33,34)(H,35,41)/t16-,23+/m1/s1. The minimum Gasteiger partial charge on any atom is -0.345 e. The summed E-state index contributed by atoms with van der Waals surface area (Å²) < 4.78 is 46.5. The summed E-state index contributed by atoms with van der Waals surface area (Å²) in [5.41, 5.74) is 0.853. The maximum Gasteiger partial charge on any atom is 0.247 e. The second-order valence-corrected chi connectivity index (χ2v) is 9.86. The lowest BCUT2D eigenvalue weighted by molar-refractivity contribution is -0.137. The number of ketones is 1. The second kappa shape index (κ2) is 10.2. The molecular formula is C29H23F3N6O3. The van der Waals surface area contributed by atoms with Crippen LogP contribution in [0.4, 0.5) is 18.9 Å². The van der Waals surface area contributed by atoms with Crippen molar-refractivity contribution in [2.75, 3.05) is 11.9 Å². The molecule has 6 rings (SSSR count). The zero-order chi connectivity index (χ0) is 28.8. The fourth-order valence-corrected chi connectivity index (χ4v) is 5.27. The predicted octanol–water partition coefficient (Wildman–Crippen LogP) is 4.64. The van der Waals surface area contributed by atoms with E-state index >= 15 is 8.78 Å². The molecule has 1 aliphatic rings. The van der Waals surface area contributed by atoms with E-state index in [9.17, 15) is 18.8 Å². The summed E-state index contributed by atoms with van der Waals surface area (Å²) in [5.74, 6) is -3.26. The fraction of sp³-hybridized carbons (Fsp3) is 0.207. The van der Waals surface area contributed by atoms with Crippen LogP contribution in [-0.4, -0.2) is 61.0 Å². The maximum absolute atomic E-state index is 15.5. The molecular weight excluding hydrogens is 537 g/mol. The smallest absolute Gasteiger partial charge is 0.247 e. The molecule has 1 fully saturated rings. The van der Waals surface area contributed by atoms with Gasteiger partial charge in [0.05, 0.1) is 29.6 Å². The molecule has 41 heavy (non-hydrogen) atoms. The Morgan fingerprint density at radius 3 is 2.61 bits per heavy atom. The quantitative estimate of drug-likeness (QED) is 0.294. The molecule has 1 aliphatic heterocycles. The van der Waals surface area contributed by atoms with Crippen molar-refractivity contribution >= 4 is 45.2 Å². The number of aromatic nitrogens is 4. The molecule has 2 aromatic heterocycles. The monoisotopic (exact) mass is 560 g/mol. The molecule has 12 heteroatoms. The Hall–Kier alpha value is -5.00. The third-order valence-corrected chi connectivity index (χ3v) is 7.23. The highest BCUT2D eigenvalue weighted by atomic mass is 19.1. The topological polar surface area (TPSA) is 113 Å². The number of nitrogens with one attached hydrogen (secondary N) is 2. The number of amides is 2. The number of fused-ring (bicyclic) bond motifs is 2. The number of imidazole rings is 1. The van der Waals surface area contributed by atoms with Gasteiger partial charge >= 0.3 is 0 Å². The molecule has 0 spiro atoms. The van der Waals surface area contributed by atoms with Gasteiger partial charge in [0.1, 0.15) is 30.0 Å². The number of para-hydroxylation sites is 1. The van der Waals surface area contributed by atoms with Gasteiger partial charge in [-0.3, -0.25) is 19.1 Å². The van der Waals surface area contributed by atoms with E-state index in [0.29, 0.717) is 16.4 Å². The predicted molar refractivity (Wildman–Crippen MR) is 145 cm³/mol. The van der Waals surface area contributed by atoms with E-state index in [-0.39, 0.29) is 53.3 Å². The van der Waals surface area contributed by atoms with Crippen molar-refractivity contribution in [2.24, 2.45) is 0 Å². The van der Waals surface area contributed by atoms with E-state index in [4.69, 9.17) is 0 Å². The maximum atomic E-state index is 15.5. The van der Waals surface area contributed by atoms with E-state index in [0.717, 1.165) is 4.90 Å². The van der Waals surface area contributed by atoms with E-state index in [1.165, 1.54) is 42.2 Å². The van der Waals surface area contributed by atoms with Crippen molar-refractivity contribution in [1.82, 2.24) is 24.6 Å². The lowest BCUT2D eigenvalue weighted by Gasteiger charge is -2.24. The van der Waals surface area contributed by atoms with Gasteiger partial charge in [0.25, 0.3) is 0 Å². The van der Waals surface area contributed by atoms with Crippen LogP contribution in [0, 0.1) is 11.6 Å². The number of alkyl halides is 1. The summed E-state index contributed by atoms with van der Waals surface area (Å²) in [6.45, 7) is 0.712. The lowest BCUT2D eigenvalue weighted by Crippen LogP contribution is -2.44. The molecule has 0 unspecified atom stereocenters. The van der Waals surface area contributed by atoms with Gasteiger partial charge in [0.15, 0.2) is 17.4 Å². The number of aromatic amines is 1. The first kappa shape index (κ1) is 26.2. The first-order valence-corrected chi connectivity index (χ1v) is 12.8. The van der Waals surface area contributed by atoms with Crippen molar-refractivity contribution < 1.29 is 27.6 Å². The van der Waals surface area contributed by atoms with Crippen molar-refractivity contribution in [2.45, 2.75) is 32.1 Å². The number of hydrogen-bond donors (Lipinski definition) is 2. The van der Waals surface area contributed by atoms with Gasteiger partial charge in [-0.2, -0.15) is 5.10 Å². The Balaban J connectivity index is 1.24. The summed E-state index contributed by atoms with van der Waals surface area (Å²) in [5, 5.41) is 7.29. The highest BCUT2D eigenvalue weighted by Crippen LogP contribution is 2.33. The first-order valence-electron chi connectivity index (χ1n) is 12.8. The zero-order valence-electron chi connectivity index (χ0n) is 21.7. The van der Waals surface area contributed by atoms with Crippen LogP contribution in [0.3, 0.4) is 0 Å². The molecule has 1 saturated heterocycles. The number of H-pyrrole nitrogens is 1. The number of likely N-dealkylation sites (tertiary alicyclic amines) is 1. The third-order valence-electron chi connectivity index (χ3n) is 7.23. The van der Waals surface area contributed by atoms with Crippen LogP contribution in [0.1, 0.15) is 23.8 Å². The molecule has 0 aliphatic carbocycles. The molecule has 3 heterocycles. The van der Waals surface area contributed by atoms with Crippen LogP contribution < -0.4 is 5.32 Å². The van der Waals surface area contributed by atoms with Crippen LogP contribution in [0.25, 0.3) is 33.1 Å². The Labute approximate surface area is 231 Å². The Bertz CT molecular complexity index is 1850. The highest BCUT2D eigenvalue weighted by molar-refractivity contribution is 6.05. The molecule has 3 aromatic carbocycles. The fourth-order valence-electron chi connectivity index (χ4n) is 5.27. The molecule has 0 saturated carbocycles. The Kier molecular flexibility index (Phi) is 6.52. The zero-order valence-corrected chi connectivity index (χ0v) is 21.7. The molecule has 2 atom stereocenters. The summed E-state index contributed by atoms with van der Waals surface area (Å²) in [4.78, 5) is 46.4. The van der Waals surface area contributed by atoms with Gasteiger partial charge in [0.2, 0.25) is 11.8 Å². The number of hydrogen-bond acceptors (Lipinski definition) is 5. The minimum absolute atomic E-state index is 0.0453. The number of carbonyl (C=O) groups is 3. The van der Waals surface area contributed by atoms with Gasteiger partial charge in [0, 0.05) is 29.9 Å². The summed E-state index contributed by atoms with van der Waals surface area (Å²) in [6.07, 6.45) is -0.418. The Morgan fingerprint density at radius 2 is 1.80 bits per heavy atom. The van der Waals surface area contributed by atoms with Crippen LogP contribution >= 0.6 is 0 Å². The number of carbonyl (C=O) groups excluding carboxylic acids is 3. The molecule has 0 radical (unpaired) electrons. The lowest BCUT2D eigenvalue weighted by atomic mass is 10.0. The molecule has 5 aromatic rings. The van der Waals surface area contributed by atoms with Gasteiger partial charge in [-0.1, -0.05) is 30.3 Å². The van der Waals surface area contributed by atoms with Gasteiger partial charge < -0.3 is 15.2 Å². The summed E-state index contributed by atoms with van der Waals surface area (Å²) in [7, 11) is 0. The number of rotatable bonds is 6. The number of nitrogens with zero attached hydrogens (tertiary/aromatic N) is 4. The van der Waals surface area contributed by atoms with Crippen molar-refractivity contribution in [3.8, 4) is 11.1 Å². The first-order chi connectivity index (χ1) is 19.7. The van der Waals surface area contributed by atoms with E-state index in [2.05, 4.69) is 20.4 Å². The average Bonchev–Trinajstić information content (AvgIpc) is 3.68. The number of Topliss-reactive ketones (excluding diaryl/α,β-unsaturated/α-hetero) is 1. The number of halogens is 3. The summed E-state index contributed by atoms with van der Waals surface area (Å²) in [6, 6.07) is 12.8. The van der Waals surface area contributed by atoms with Crippen LogP contribution in [-0.2, 0) is 16.1 Å². The minimum atomic E-state index is -1.47. The van der Waals surface area contributed by atoms with Crippen LogP contribution in [0.5, 0.6) is 0 Å². The number of benzene rings is 3. The molecule has 0 bridgehead atoms. The Morgan fingerprint density at radius 1 is 1.02 bits per heavy atom. The van der Waals surface area contributed by atoms with Crippen molar-refractivity contribution in [1.29, 1.82) is 0 Å². The largest absolute Gasteiger partial charge is 0.345 e. The number of anilines is 1. The van der Waals surface area contributed by atoms with Gasteiger partial charge in [-0.15, -0.1) is 0 Å².